The Morgan fingerprint density at radius 3 is 2.13 bits per heavy atom. The number of halogens is 3. The van der Waals surface area contributed by atoms with E-state index in [1.807, 2.05) is 30.3 Å². The molecule has 0 unspecified atom stereocenters. The van der Waals surface area contributed by atoms with Crippen LogP contribution in [0.3, 0.4) is 0 Å². The highest BCUT2D eigenvalue weighted by molar-refractivity contribution is 6.39. The van der Waals surface area contributed by atoms with Gasteiger partial charge in [0, 0.05) is 39.2 Å². The van der Waals surface area contributed by atoms with Crippen LogP contribution < -0.4 is 10.0 Å². The molecule has 0 spiro atoms. The van der Waals surface area contributed by atoms with Crippen LogP contribution in [0.15, 0.2) is 60.8 Å². The first-order chi connectivity index (χ1) is 17.9. The summed E-state index contributed by atoms with van der Waals surface area (Å²) in [5.41, 5.74) is 2.98. The monoisotopic (exact) mass is 568 g/mol. The molecule has 0 saturated carbocycles. The number of aromatic nitrogens is 2. The number of nitrogens with one attached hydrogen (secondary N) is 1. The molecule has 198 valence electrons. The van der Waals surface area contributed by atoms with E-state index in [0.29, 0.717) is 37.7 Å². The number of nitrogens with zero attached hydrogens (tertiary/aromatic N) is 3. The van der Waals surface area contributed by atoms with Crippen LogP contribution in [0.25, 0.3) is 33.3 Å². The van der Waals surface area contributed by atoms with Crippen molar-refractivity contribution in [1.82, 2.24) is 9.88 Å². The number of benzene rings is 2. The predicted octanol–water partition coefficient (Wildman–Crippen LogP) is 8.23. The minimum absolute atomic E-state index is 0.00385. The fourth-order valence-electron chi connectivity index (χ4n) is 5.84. The molecule has 1 fully saturated rings. The van der Waals surface area contributed by atoms with Crippen LogP contribution in [-0.2, 0) is 0 Å². The van der Waals surface area contributed by atoms with Crippen molar-refractivity contribution in [3.63, 3.8) is 0 Å². The second-order valence-corrected chi connectivity index (χ2v) is 12.5. The molecule has 0 atom stereocenters. The van der Waals surface area contributed by atoms with Gasteiger partial charge < -0.3 is 10.5 Å². The summed E-state index contributed by atoms with van der Waals surface area (Å²) in [6.07, 6.45) is 3.34. The molecule has 1 aliphatic rings. The van der Waals surface area contributed by atoms with Gasteiger partial charge in [0.1, 0.15) is 11.3 Å². The molecule has 1 aliphatic heterocycles. The van der Waals surface area contributed by atoms with E-state index in [9.17, 15) is 5.21 Å². The quantitative estimate of drug-likeness (QED) is 0.199. The van der Waals surface area contributed by atoms with E-state index in [2.05, 4.69) is 45.0 Å². The molecule has 5 nitrogen and oxygen atoms in total. The van der Waals surface area contributed by atoms with Crippen molar-refractivity contribution in [1.29, 1.82) is 0 Å². The summed E-state index contributed by atoms with van der Waals surface area (Å²) >= 11 is 19.8. The Balaban J connectivity index is 1.75. The van der Waals surface area contributed by atoms with E-state index in [1.54, 1.807) is 24.3 Å². The summed E-state index contributed by atoms with van der Waals surface area (Å²) in [7, 11) is 2.19. The molecular weight excluding hydrogens is 539 g/mol. The lowest BCUT2D eigenvalue weighted by atomic mass is 9.77. The maximum atomic E-state index is 13.3. The molecule has 38 heavy (non-hydrogen) atoms. The fraction of sp³-hybridized carbons (Fsp3) is 0.333. The van der Waals surface area contributed by atoms with Gasteiger partial charge in [-0.1, -0.05) is 59.1 Å². The molecule has 4 aromatic rings. The zero-order chi connectivity index (χ0) is 27.4. The van der Waals surface area contributed by atoms with Gasteiger partial charge in [0.15, 0.2) is 6.20 Å². The highest BCUT2D eigenvalue weighted by Gasteiger charge is 2.43. The summed E-state index contributed by atoms with van der Waals surface area (Å²) in [5, 5.41) is 19.1. The van der Waals surface area contributed by atoms with Crippen molar-refractivity contribution in [2.45, 2.75) is 57.7 Å². The molecule has 8 heteroatoms. The largest absolute Gasteiger partial charge is 0.618 e. The molecule has 2 aromatic heterocycles. The molecule has 2 aromatic carbocycles. The normalized spacial score (nSPS) is 17.6. The Morgan fingerprint density at radius 1 is 0.895 bits per heavy atom. The van der Waals surface area contributed by atoms with Crippen molar-refractivity contribution in [3.05, 3.63) is 81.1 Å². The summed E-state index contributed by atoms with van der Waals surface area (Å²) in [4.78, 5) is 7.46. The van der Waals surface area contributed by atoms with Gasteiger partial charge in [-0.15, -0.1) is 0 Å². The number of fused-ring (bicyclic) bond motifs is 1. The Morgan fingerprint density at radius 2 is 1.50 bits per heavy atom. The maximum Gasteiger partial charge on any atom is 0.253 e. The first-order valence-electron chi connectivity index (χ1n) is 12.7. The molecule has 5 rings (SSSR count). The number of anilines is 1. The minimum atomic E-state index is -0.00385. The summed E-state index contributed by atoms with van der Waals surface area (Å²) < 4.78 is 0.782. The molecule has 3 heterocycles. The topological polar surface area (TPSA) is 55.1 Å². The van der Waals surface area contributed by atoms with Crippen LogP contribution >= 0.6 is 34.8 Å². The first kappa shape index (κ1) is 27.0. The molecule has 1 N–H and O–H groups in total. The molecule has 0 bridgehead atoms. The van der Waals surface area contributed by atoms with E-state index in [1.165, 1.54) is 6.20 Å². The van der Waals surface area contributed by atoms with Crippen molar-refractivity contribution in [2.24, 2.45) is 0 Å². The van der Waals surface area contributed by atoms with Gasteiger partial charge in [-0.3, -0.25) is 4.90 Å². The lowest BCUT2D eigenvalue weighted by Crippen LogP contribution is -2.61. The molecule has 1 saturated heterocycles. The first-order valence-corrected chi connectivity index (χ1v) is 13.8. The summed E-state index contributed by atoms with van der Waals surface area (Å²) in [5.74, 6) is 0.671. The van der Waals surface area contributed by atoms with Crippen molar-refractivity contribution in [3.8, 4) is 22.4 Å². The minimum Gasteiger partial charge on any atom is -0.618 e. The van der Waals surface area contributed by atoms with Crippen molar-refractivity contribution in [2.75, 3.05) is 12.4 Å². The number of hydrogen-bond acceptors (Lipinski definition) is 4. The number of piperidine rings is 1. The van der Waals surface area contributed by atoms with Crippen molar-refractivity contribution < 1.29 is 4.73 Å². The van der Waals surface area contributed by atoms with Crippen LogP contribution in [0.2, 0.25) is 15.1 Å². The SMILES string of the molecule is CN1C(C)(C)CC(Nc2cc(-c3ccccc3Cl)c3cc[n+]([O-])c(-c4c(Cl)cccc4Cl)c3n2)CC1(C)C. The Kier molecular flexibility index (Phi) is 7.02. The Hall–Kier alpha value is -2.57. The zero-order valence-electron chi connectivity index (χ0n) is 22.1. The van der Waals surface area contributed by atoms with E-state index in [0.717, 1.165) is 34.1 Å². The Labute approximate surface area is 238 Å². The van der Waals surface area contributed by atoms with E-state index in [4.69, 9.17) is 39.8 Å². The van der Waals surface area contributed by atoms with Gasteiger partial charge >= 0.3 is 0 Å². The van der Waals surface area contributed by atoms with E-state index < -0.39 is 0 Å². The van der Waals surface area contributed by atoms with Gasteiger partial charge in [-0.05, 0) is 77.4 Å². The van der Waals surface area contributed by atoms with Crippen molar-refractivity contribution >= 4 is 51.5 Å². The number of hydrogen-bond donors (Lipinski definition) is 1. The number of likely N-dealkylation sites (tertiary alicyclic amines) is 1. The standard InChI is InChI=1S/C30H31Cl3N4O/c1-29(2)16-18(17-30(3,4)36(29)5)34-25-15-21(19-9-6-7-10-22(19)31)20-13-14-37(38)28(27(20)35-25)26-23(32)11-8-12-24(26)33/h6-15,18H,16-17H2,1-5H3,(H,34,35). The van der Waals surface area contributed by atoms with Gasteiger partial charge in [-0.25, -0.2) is 4.98 Å². The van der Waals surface area contributed by atoms with Gasteiger partial charge in [0.25, 0.3) is 5.69 Å². The average Bonchev–Trinajstić information content (AvgIpc) is 2.83. The highest BCUT2D eigenvalue weighted by Crippen LogP contribution is 2.42. The molecular formula is C30H31Cl3N4O. The van der Waals surface area contributed by atoms with Gasteiger partial charge in [-0.2, -0.15) is 4.73 Å². The third-order valence-corrected chi connectivity index (χ3v) is 8.86. The van der Waals surface area contributed by atoms with E-state index >= 15 is 0 Å². The highest BCUT2D eigenvalue weighted by atomic mass is 35.5. The molecule has 0 radical (unpaired) electrons. The fourth-order valence-corrected chi connectivity index (χ4v) is 6.65. The maximum absolute atomic E-state index is 13.3. The lowest BCUT2D eigenvalue weighted by Gasteiger charge is -2.53. The van der Waals surface area contributed by atoms with E-state index in [-0.39, 0.29) is 17.1 Å². The second-order valence-electron chi connectivity index (χ2n) is 11.3. The predicted molar refractivity (Wildman–Crippen MR) is 159 cm³/mol. The van der Waals surface area contributed by atoms with Crippen LogP contribution in [0.5, 0.6) is 0 Å². The lowest BCUT2D eigenvalue weighted by molar-refractivity contribution is -0.592. The average molecular weight is 570 g/mol. The smallest absolute Gasteiger partial charge is 0.253 e. The Bertz CT molecular complexity index is 1500. The van der Waals surface area contributed by atoms with Crippen LogP contribution in [0.1, 0.15) is 40.5 Å². The third-order valence-electron chi connectivity index (χ3n) is 7.90. The number of pyridine rings is 2. The molecule has 0 aliphatic carbocycles. The van der Waals surface area contributed by atoms with Crippen LogP contribution in [0.4, 0.5) is 5.82 Å². The van der Waals surface area contributed by atoms with Gasteiger partial charge in [0.05, 0.1) is 15.6 Å². The van der Waals surface area contributed by atoms with Crippen LogP contribution in [0, 0.1) is 5.21 Å². The van der Waals surface area contributed by atoms with Gasteiger partial charge in [0.2, 0.25) is 0 Å². The summed E-state index contributed by atoms with van der Waals surface area (Å²) in [6.45, 7) is 9.07. The molecule has 0 amide bonds. The third kappa shape index (κ3) is 4.82. The zero-order valence-corrected chi connectivity index (χ0v) is 24.4. The second kappa shape index (κ2) is 9.87. The number of rotatable bonds is 4. The van der Waals surface area contributed by atoms with Crippen LogP contribution in [-0.4, -0.2) is 34.1 Å². The summed E-state index contributed by atoms with van der Waals surface area (Å²) in [6, 6.07) is 16.9.